The van der Waals surface area contributed by atoms with Crippen molar-refractivity contribution >= 4 is 33.2 Å². The van der Waals surface area contributed by atoms with Gasteiger partial charge in [-0.25, -0.2) is 12.8 Å². The maximum atomic E-state index is 14.4. The van der Waals surface area contributed by atoms with Crippen LogP contribution in [0.2, 0.25) is 0 Å². The number of hydrogen-bond acceptors (Lipinski definition) is 5. The molecule has 1 heterocycles. The summed E-state index contributed by atoms with van der Waals surface area (Å²) in [5.74, 6) is -2.89. The Kier molecular flexibility index (Phi) is 7.05. The molecule has 0 spiro atoms. The first-order valence-corrected chi connectivity index (χ1v) is 11.0. The molecule has 0 radical (unpaired) electrons. The van der Waals surface area contributed by atoms with Crippen molar-refractivity contribution in [1.82, 2.24) is 4.31 Å². The molecule has 3 rings (SSSR count). The number of carbonyl (C=O) groups is 2. The molecular formula is C20H19F4N3O5S. The monoisotopic (exact) mass is 489 g/mol. The molecule has 1 fully saturated rings. The van der Waals surface area contributed by atoms with E-state index in [0.29, 0.717) is 12.1 Å². The van der Waals surface area contributed by atoms with Crippen molar-refractivity contribution in [3.05, 3.63) is 53.3 Å². The molecule has 13 heteroatoms. The van der Waals surface area contributed by atoms with E-state index in [1.165, 1.54) is 0 Å². The first kappa shape index (κ1) is 24.6. The van der Waals surface area contributed by atoms with E-state index in [1.807, 2.05) is 0 Å². The summed E-state index contributed by atoms with van der Waals surface area (Å²) < 4.78 is 85.6. The van der Waals surface area contributed by atoms with Crippen LogP contribution in [0.1, 0.15) is 22.8 Å². The lowest BCUT2D eigenvalue weighted by atomic mass is 10.1. The molecule has 2 aromatic rings. The number of hydrogen-bond donors (Lipinski definition) is 2. The minimum absolute atomic E-state index is 0.0750. The molecular weight excluding hydrogens is 470 g/mol. The topological polar surface area (TPSA) is 105 Å². The van der Waals surface area contributed by atoms with Crippen molar-refractivity contribution in [1.29, 1.82) is 0 Å². The van der Waals surface area contributed by atoms with Gasteiger partial charge in [-0.15, -0.1) is 0 Å². The summed E-state index contributed by atoms with van der Waals surface area (Å²) in [6.45, 7) is 1.62. The van der Waals surface area contributed by atoms with Crippen molar-refractivity contribution in [2.24, 2.45) is 0 Å². The van der Waals surface area contributed by atoms with Gasteiger partial charge in [-0.1, -0.05) is 0 Å². The summed E-state index contributed by atoms with van der Waals surface area (Å²) in [7, 11) is -4.06. The van der Waals surface area contributed by atoms with Crippen LogP contribution in [0.5, 0.6) is 0 Å². The second-order valence-electron chi connectivity index (χ2n) is 7.05. The van der Waals surface area contributed by atoms with Crippen LogP contribution in [0.3, 0.4) is 0 Å². The largest absolute Gasteiger partial charge is 0.416 e. The van der Waals surface area contributed by atoms with E-state index in [4.69, 9.17) is 4.74 Å². The summed E-state index contributed by atoms with van der Waals surface area (Å²) in [6, 6.07) is 4.80. The van der Waals surface area contributed by atoms with E-state index in [1.54, 1.807) is 0 Å². The zero-order valence-electron chi connectivity index (χ0n) is 17.2. The third kappa shape index (κ3) is 5.67. The number of carbonyl (C=O) groups excluding carboxylic acids is 2. The molecule has 0 bridgehead atoms. The number of sulfonamides is 1. The van der Waals surface area contributed by atoms with Gasteiger partial charge in [0.15, 0.2) is 0 Å². The zero-order valence-corrected chi connectivity index (χ0v) is 18.0. The number of morpholine rings is 1. The van der Waals surface area contributed by atoms with Gasteiger partial charge in [0.2, 0.25) is 15.9 Å². The highest BCUT2D eigenvalue weighted by Crippen LogP contribution is 2.34. The van der Waals surface area contributed by atoms with Gasteiger partial charge in [0.1, 0.15) is 5.82 Å². The minimum Gasteiger partial charge on any atom is -0.379 e. The lowest BCUT2D eigenvalue weighted by Crippen LogP contribution is -2.40. The quantitative estimate of drug-likeness (QED) is 0.629. The van der Waals surface area contributed by atoms with Crippen LogP contribution >= 0.6 is 0 Å². The van der Waals surface area contributed by atoms with Gasteiger partial charge >= 0.3 is 6.18 Å². The molecule has 1 saturated heterocycles. The average Bonchev–Trinajstić information content (AvgIpc) is 2.74. The van der Waals surface area contributed by atoms with Gasteiger partial charge in [-0.3, -0.25) is 9.59 Å². The number of halogens is 4. The maximum Gasteiger partial charge on any atom is 0.416 e. The predicted molar refractivity (Wildman–Crippen MR) is 110 cm³/mol. The van der Waals surface area contributed by atoms with Crippen LogP contribution in [0, 0.1) is 5.82 Å². The Morgan fingerprint density at radius 3 is 2.27 bits per heavy atom. The van der Waals surface area contributed by atoms with Crippen LogP contribution < -0.4 is 10.6 Å². The first-order valence-electron chi connectivity index (χ1n) is 9.57. The fourth-order valence-corrected chi connectivity index (χ4v) is 4.52. The summed E-state index contributed by atoms with van der Waals surface area (Å²) in [5.41, 5.74) is -2.40. The number of rotatable bonds is 5. The maximum absolute atomic E-state index is 14.4. The minimum atomic E-state index is -4.74. The Bertz CT molecular complexity index is 1180. The van der Waals surface area contributed by atoms with Crippen molar-refractivity contribution in [3.8, 4) is 0 Å². The van der Waals surface area contributed by atoms with E-state index < -0.39 is 50.6 Å². The standard InChI is InChI=1S/C20H19F4N3O5S/c1-12(28)25-17-5-2-13(20(22,23)24)10-18(17)26-19(29)15-11-14(3-4-16(15)21)33(30,31)27-6-8-32-9-7-27/h2-5,10-11H,6-9H2,1H3,(H,25,28)(H,26,29). The van der Waals surface area contributed by atoms with E-state index in [0.717, 1.165) is 35.5 Å². The molecule has 1 aliphatic rings. The smallest absolute Gasteiger partial charge is 0.379 e. The Labute approximate surface area is 186 Å². The number of anilines is 2. The normalized spacial score (nSPS) is 15.2. The zero-order chi connectivity index (χ0) is 24.4. The summed E-state index contributed by atoms with van der Waals surface area (Å²) in [5, 5.41) is 4.39. The van der Waals surface area contributed by atoms with Crippen molar-refractivity contribution in [3.63, 3.8) is 0 Å². The number of nitrogens with one attached hydrogen (secondary N) is 2. The highest BCUT2D eigenvalue weighted by Gasteiger charge is 2.32. The van der Waals surface area contributed by atoms with Gasteiger partial charge < -0.3 is 15.4 Å². The average molecular weight is 489 g/mol. The number of benzene rings is 2. The molecule has 0 atom stereocenters. The van der Waals surface area contributed by atoms with Crippen LogP contribution in [-0.2, 0) is 25.7 Å². The van der Waals surface area contributed by atoms with E-state index in [2.05, 4.69) is 10.6 Å². The lowest BCUT2D eigenvalue weighted by molar-refractivity contribution is -0.137. The van der Waals surface area contributed by atoms with Gasteiger partial charge in [0, 0.05) is 20.0 Å². The first-order chi connectivity index (χ1) is 15.4. The predicted octanol–water partition coefficient (Wildman–Crippen LogP) is 3.08. The van der Waals surface area contributed by atoms with Crippen LogP contribution in [-0.4, -0.2) is 50.8 Å². The molecule has 0 unspecified atom stereocenters. The number of ether oxygens (including phenoxy) is 1. The highest BCUT2D eigenvalue weighted by atomic mass is 32.2. The molecule has 2 N–H and O–H groups in total. The van der Waals surface area contributed by atoms with Gasteiger partial charge in [0.25, 0.3) is 5.91 Å². The summed E-state index contributed by atoms with van der Waals surface area (Å²) in [6.07, 6.45) is -4.74. The Hall–Kier alpha value is -3.03. The third-order valence-electron chi connectivity index (χ3n) is 4.70. The summed E-state index contributed by atoms with van der Waals surface area (Å²) in [4.78, 5) is 23.7. The second kappa shape index (κ2) is 9.45. The molecule has 33 heavy (non-hydrogen) atoms. The molecule has 2 amide bonds. The van der Waals surface area contributed by atoms with Crippen molar-refractivity contribution < 1.29 is 40.3 Å². The number of alkyl halides is 3. The highest BCUT2D eigenvalue weighted by molar-refractivity contribution is 7.89. The molecule has 1 aliphatic heterocycles. The Morgan fingerprint density at radius 2 is 1.67 bits per heavy atom. The van der Waals surface area contributed by atoms with E-state index in [-0.39, 0.29) is 36.9 Å². The van der Waals surface area contributed by atoms with Gasteiger partial charge in [0.05, 0.1) is 40.6 Å². The Balaban J connectivity index is 1.96. The molecule has 2 aromatic carbocycles. The van der Waals surface area contributed by atoms with Gasteiger partial charge in [-0.2, -0.15) is 17.5 Å². The van der Waals surface area contributed by atoms with E-state index >= 15 is 0 Å². The SMILES string of the molecule is CC(=O)Nc1ccc(C(F)(F)F)cc1NC(=O)c1cc(S(=O)(=O)N2CCOCC2)ccc1F. The second-order valence-corrected chi connectivity index (χ2v) is 8.99. The summed E-state index contributed by atoms with van der Waals surface area (Å²) >= 11 is 0. The van der Waals surface area contributed by atoms with Crippen molar-refractivity contribution in [2.45, 2.75) is 18.0 Å². The third-order valence-corrected chi connectivity index (χ3v) is 6.59. The fraction of sp³-hybridized carbons (Fsp3) is 0.300. The molecule has 8 nitrogen and oxygen atoms in total. The number of nitrogens with zero attached hydrogens (tertiary/aromatic N) is 1. The molecule has 0 aliphatic carbocycles. The fourth-order valence-electron chi connectivity index (χ4n) is 3.09. The Morgan fingerprint density at radius 1 is 1.00 bits per heavy atom. The van der Waals surface area contributed by atoms with Crippen LogP contribution in [0.15, 0.2) is 41.3 Å². The van der Waals surface area contributed by atoms with Crippen molar-refractivity contribution in [2.75, 3.05) is 36.9 Å². The van der Waals surface area contributed by atoms with Gasteiger partial charge in [-0.05, 0) is 36.4 Å². The molecule has 178 valence electrons. The van der Waals surface area contributed by atoms with E-state index in [9.17, 15) is 35.6 Å². The molecule has 0 aromatic heterocycles. The van der Waals surface area contributed by atoms with Crippen LogP contribution in [0.4, 0.5) is 28.9 Å². The van der Waals surface area contributed by atoms with Crippen LogP contribution in [0.25, 0.3) is 0 Å². The number of amides is 2. The lowest BCUT2D eigenvalue weighted by Gasteiger charge is -2.26. The molecule has 0 saturated carbocycles.